The van der Waals surface area contributed by atoms with Crippen molar-refractivity contribution < 1.29 is 4.79 Å². The summed E-state index contributed by atoms with van der Waals surface area (Å²) in [5, 5.41) is 5.90. The zero-order valence-electron chi connectivity index (χ0n) is 10.7. The van der Waals surface area contributed by atoms with Crippen LogP contribution >= 0.6 is 0 Å². The maximum absolute atomic E-state index is 11.1. The molecule has 17 heavy (non-hydrogen) atoms. The van der Waals surface area contributed by atoms with Crippen LogP contribution in [0.15, 0.2) is 4.99 Å². The fraction of sp³-hybridized carbons (Fsp3) is 0.818. The number of carbonyl (C=O) groups is 1. The van der Waals surface area contributed by atoms with Gasteiger partial charge in [-0.25, -0.2) is 0 Å². The second-order valence-corrected chi connectivity index (χ2v) is 4.35. The number of hydrogen-bond acceptors (Lipinski definition) is 3. The minimum absolute atomic E-state index is 0.0888. The van der Waals surface area contributed by atoms with E-state index in [1.54, 1.807) is 0 Å². The molecular formula is C11H23N5O. The quantitative estimate of drug-likeness (QED) is 0.431. The number of rotatable bonds is 5. The van der Waals surface area contributed by atoms with Crippen molar-refractivity contribution >= 4 is 11.9 Å². The number of nitrogens with two attached hydrogens (primary N) is 1. The first kappa shape index (κ1) is 13.8. The lowest BCUT2D eigenvalue weighted by molar-refractivity contribution is -0.124. The zero-order valence-corrected chi connectivity index (χ0v) is 10.7. The fourth-order valence-corrected chi connectivity index (χ4v) is 1.59. The molecule has 6 nitrogen and oxygen atoms in total. The summed E-state index contributed by atoms with van der Waals surface area (Å²) in [4.78, 5) is 17.5. The van der Waals surface area contributed by atoms with Crippen molar-refractivity contribution in [1.29, 1.82) is 0 Å². The molecular weight excluding hydrogens is 218 g/mol. The van der Waals surface area contributed by atoms with Crippen molar-refractivity contribution in [3.8, 4) is 0 Å². The van der Waals surface area contributed by atoms with E-state index < -0.39 is 0 Å². The van der Waals surface area contributed by atoms with Crippen LogP contribution in [0.2, 0.25) is 0 Å². The van der Waals surface area contributed by atoms with Crippen LogP contribution in [-0.4, -0.2) is 55.5 Å². The molecule has 1 rings (SSSR count). The lowest BCUT2D eigenvalue weighted by Crippen LogP contribution is -2.48. The largest absolute Gasteiger partial charge is 0.370 e. The van der Waals surface area contributed by atoms with Gasteiger partial charge in [0.05, 0.1) is 13.1 Å². The van der Waals surface area contributed by atoms with Gasteiger partial charge in [0.15, 0.2) is 5.96 Å². The van der Waals surface area contributed by atoms with E-state index in [1.165, 1.54) is 0 Å². The Morgan fingerprint density at radius 3 is 3.12 bits per heavy atom. The molecule has 1 fully saturated rings. The second kappa shape index (κ2) is 7.11. The SMILES string of the molecule is CCC(C)NC(N)=NCCN1CCNC(=O)C1. The second-order valence-electron chi connectivity index (χ2n) is 4.35. The number of aliphatic imine (C=N–C) groups is 1. The first-order chi connectivity index (χ1) is 8.11. The molecule has 0 saturated carbocycles. The van der Waals surface area contributed by atoms with Gasteiger partial charge in [0, 0.05) is 25.7 Å². The summed E-state index contributed by atoms with van der Waals surface area (Å²) >= 11 is 0. The lowest BCUT2D eigenvalue weighted by atomic mass is 10.3. The smallest absolute Gasteiger partial charge is 0.234 e. The van der Waals surface area contributed by atoms with Crippen LogP contribution in [0.5, 0.6) is 0 Å². The van der Waals surface area contributed by atoms with Crippen LogP contribution in [0.1, 0.15) is 20.3 Å². The van der Waals surface area contributed by atoms with E-state index in [0.717, 1.165) is 26.1 Å². The first-order valence-electron chi connectivity index (χ1n) is 6.17. The van der Waals surface area contributed by atoms with Crippen LogP contribution in [0.25, 0.3) is 0 Å². The molecule has 1 heterocycles. The van der Waals surface area contributed by atoms with Crippen molar-refractivity contribution in [2.45, 2.75) is 26.3 Å². The maximum atomic E-state index is 11.1. The number of nitrogens with zero attached hydrogens (tertiary/aromatic N) is 2. The van der Waals surface area contributed by atoms with Gasteiger partial charge >= 0.3 is 0 Å². The van der Waals surface area contributed by atoms with E-state index in [2.05, 4.69) is 34.4 Å². The Labute approximate surface area is 103 Å². The van der Waals surface area contributed by atoms with E-state index in [1.807, 2.05) is 0 Å². The molecule has 1 aliphatic rings. The third-order valence-electron chi connectivity index (χ3n) is 2.82. The summed E-state index contributed by atoms with van der Waals surface area (Å²) in [6.07, 6.45) is 1.02. The van der Waals surface area contributed by atoms with E-state index >= 15 is 0 Å². The zero-order chi connectivity index (χ0) is 12.7. The number of amides is 1. The van der Waals surface area contributed by atoms with E-state index in [-0.39, 0.29) is 5.91 Å². The Morgan fingerprint density at radius 2 is 2.47 bits per heavy atom. The fourth-order valence-electron chi connectivity index (χ4n) is 1.59. The molecule has 1 amide bonds. The van der Waals surface area contributed by atoms with Crippen LogP contribution in [-0.2, 0) is 4.79 Å². The molecule has 6 heteroatoms. The Hall–Kier alpha value is -1.30. The summed E-state index contributed by atoms with van der Waals surface area (Å²) in [5.74, 6) is 0.576. The Morgan fingerprint density at radius 1 is 1.71 bits per heavy atom. The molecule has 0 aliphatic carbocycles. The van der Waals surface area contributed by atoms with Crippen molar-refractivity contribution in [1.82, 2.24) is 15.5 Å². The molecule has 0 bridgehead atoms. The van der Waals surface area contributed by atoms with Crippen LogP contribution < -0.4 is 16.4 Å². The molecule has 0 radical (unpaired) electrons. The minimum Gasteiger partial charge on any atom is -0.370 e. The number of hydrogen-bond donors (Lipinski definition) is 3. The Kier molecular flexibility index (Phi) is 5.76. The first-order valence-corrected chi connectivity index (χ1v) is 6.17. The molecule has 0 aromatic rings. The summed E-state index contributed by atoms with van der Waals surface area (Å²) in [7, 11) is 0. The minimum atomic E-state index is 0.0888. The monoisotopic (exact) mass is 241 g/mol. The number of guanidine groups is 1. The number of piperazine rings is 1. The summed E-state index contributed by atoms with van der Waals surface area (Å²) in [6.45, 7) is 7.64. The molecule has 0 aromatic carbocycles. The van der Waals surface area contributed by atoms with Gasteiger partial charge in [0.2, 0.25) is 5.91 Å². The normalized spacial score (nSPS) is 19.9. The highest BCUT2D eigenvalue weighted by molar-refractivity contribution is 5.79. The predicted octanol–water partition coefficient (Wildman–Crippen LogP) is -0.879. The number of nitrogens with one attached hydrogen (secondary N) is 2. The molecule has 98 valence electrons. The van der Waals surface area contributed by atoms with Gasteiger partial charge in [0.1, 0.15) is 0 Å². The molecule has 1 aliphatic heterocycles. The molecule has 1 saturated heterocycles. The van der Waals surface area contributed by atoms with Crippen LogP contribution in [0.3, 0.4) is 0 Å². The third kappa shape index (κ3) is 5.53. The van der Waals surface area contributed by atoms with Crippen molar-refractivity contribution in [2.24, 2.45) is 10.7 Å². The summed E-state index contributed by atoms with van der Waals surface area (Å²) in [6, 6.07) is 0.347. The average molecular weight is 241 g/mol. The summed E-state index contributed by atoms with van der Waals surface area (Å²) < 4.78 is 0. The highest BCUT2D eigenvalue weighted by Crippen LogP contribution is 1.93. The van der Waals surface area contributed by atoms with Gasteiger partial charge in [-0.3, -0.25) is 14.7 Å². The predicted molar refractivity (Wildman–Crippen MR) is 68.8 cm³/mol. The Balaban J connectivity index is 2.21. The molecule has 4 N–H and O–H groups in total. The van der Waals surface area contributed by atoms with E-state index in [9.17, 15) is 4.79 Å². The Bertz CT molecular complexity index is 279. The van der Waals surface area contributed by atoms with E-state index in [4.69, 9.17) is 5.73 Å². The standard InChI is InChI=1S/C11H23N5O/c1-3-9(2)15-11(12)14-5-7-16-6-4-13-10(17)8-16/h9H,3-8H2,1-2H3,(H,13,17)(H3,12,14,15). The molecule has 0 aromatic heterocycles. The topological polar surface area (TPSA) is 82.8 Å². The van der Waals surface area contributed by atoms with E-state index in [0.29, 0.717) is 25.1 Å². The van der Waals surface area contributed by atoms with Gasteiger partial charge in [-0.1, -0.05) is 6.92 Å². The van der Waals surface area contributed by atoms with Gasteiger partial charge in [-0.2, -0.15) is 0 Å². The van der Waals surface area contributed by atoms with Crippen molar-refractivity contribution in [3.63, 3.8) is 0 Å². The van der Waals surface area contributed by atoms with Crippen molar-refractivity contribution in [2.75, 3.05) is 32.7 Å². The van der Waals surface area contributed by atoms with Crippen molar-refractivity contribution in [3.05, 3.63) is 0 Å². The molecule has 0 spiro atoms. The highest BCUT2D eigenvalue weighted by atomic mass is 16.2. The van der Waals surface area contributed by atoms with Crippen LogP contribution in [0, 0.1) is 0 Å². The maximum Gasteiger partial charge on any atom is 0.234 e. The highest BCUT2D eigenvalue weighted by Gasteiger charge is 2.14. The third-order valence-corrected chi connectivity index (χ3v) is 2.82. The average Bonchev–Trinajstić information content (AvgIpc) is 2.29. The molecule has 1 atom stereocenters. The van der Waals surface area contributed by atoms with Gasteiger partial charge < -0.3 is 16.4 Å². The van der Waals surface area contributed by atoms with Crippen LogP contribution in [0.4, 0.5) is 0 Å². The molecule has 1 unspecified atom stereocenters. The summed E-state index contributed by atoms with van der Waals surface area (Å²) in [5.41, 5.74) is 5.73. The van der Waals surface area contributed by atoms with Gasteiger partial charge in [0.25, 0.3) is 0 Å². The van der Waals surface area contributed by atoms with Gasteiger partial charge in [-0.15, -0.1) is 0 Å². The van der Waals surface area contributed by atoms with Gasteiger partial charge in [-0.05, 0) is 13.3 Å². The number of carbonyl (C=O) groups excluding carboxylic acids is 1. The lowest BCUT2D eigenvalue weighted by Gasteiger charge is -2.25.